The first-order valence-electron chi connectivity index (χ1n) is 6.44. The molecule has 112 valence electrons. The maximum Gasteiger partial charge on any atom is 0.240 e. The molecule has 1 aromatic heterocycles. The van der Waals surface area contributed by atoms with Crippen molar-refractivity contribution in [1.29, 1.82) is 0 Å². The Hall–Kier alpha value is -1.96. The number of benzene rings is 1. The highest BCUT2D eigenvalue weighted by Gasteiger charge is 2.13. The number of pyridine rings is 1. The van der Waals surface area contributed by atoms with Gasteiger partial charge in [0.15, 0.2) is 0 Å². The number of hydrogen-bond donors (Lipinski definition) is 2. The molecule has 0 atom stereocenters. The van der Waals surface area contributed by atoms with Crippen LogP contribution in [0, 0.1) is 0 Å². The van der Waals surface area contributed by atoms with Gasteiger partial charge in [0.2, 0.25) is 10.0 Å². The van der Waals surface area contributed by atoms with Crippen molar-refractivity contribution in [3.63, 3.8) is 0 Å². The number of sulfonamides is 1. The average Bonchev–Trinajstić information content (AvgIpc) is 2.52. The van der Waals surface area contributed by atoms with E-state index in [0.717, 1.165) is 0 Å². The summed E-state index contributed by atoms with van der Waals surface area (Å²) in [4.78, 5) is 4.24. The van der Waals surface area contributed by atoms with Crippen LogP contribution in [-0.4, -0.2) is 26.6 Å². The van der Waals surface area contributed by atoms with E-state index in [0.29, 0.717) is 24.6 Å². The van der Waals surface area contributed by atoms with E-state index in [-0.39, 0.29) is 11.4 Å². The summed E-state index contributed by atoms with van der Waals surface area (Å²) < 4.78 is 32.1. The molecule has 0 aliphatic rings. The van der Waals surface area contributed by atoms with E-state index in [4.69, 9.17) is 10.5 Å². The van der Waals surface area contributed by atoms with Crippen molar-refractivity contribution in [2.45, 2.75) is 11.4 Å². The van der Waals surface area contributed by atoms with Gasteiger partial charge in [0.05, 0.1) is 17.1 Å². The molecule has 0 saturated heterocycles. The molecule has 0 aliphatic carbocycles. The Balaban J connectivity index is 2.02. The lowest BCUT2D eigenvalue weighted by Gasteiger charge is -2.08. The molecule has 2 aromatic rings. The Morgan fingerprint density at radius 2 is 1.90 bits per heavy atom. The smallest absolute Gasteiger partial charge is 0.240 e. The van der Waals surface area contributed by atoms with E-state index in [9.17, 15) is 8.42 Å². The zero-order chi connectivity index (χ0) is 15.1. The zero-order valence-electron chi connectivity index (χ0n) is 11.4. The van der Waals surface area contributed by atoms with Gasteiger partial charge in [-0.15, -0.1) is 0 Å². The molecule has 0 aliphatic heterocycles. The summed E-state index contributed by atoms with van der Waals surface area (Å²) in [6, 6.07) is 11.5. The molecule has 0 unspecified atom stereocenters. The Morgan fingerprint density at radius 1 is 1.14 bits per heavy atom. The van der Waals surface area contributed by atoms with Crippen molar-refractivity contribution in [2.75, 3.05) is 13.2 Å². The van der Waals surface area contributed by atoms with Crippen molar-refractivity contribution in [1.82, 2.24) is 9.71 Å². The molecule has 0 spiro atoms. The first-order chi connectivity index (χ1) is 10.1. The normalized spacial score (nSPS) is 11.3. The Morgan fingerprint density at radius 3 is 2.52 bits per heavy atom. The molecule has 0 fully saturated rings. The van der Waals surface area contributed by atoms with Crippen LogP contribution in [0.5, 0.6) is 5.75 Å². The molecule has 0 amide bonds. The summed E-state index contributed by atoms with van der Waals surface area (Å²) in [5, 5.41) is 0. The maximum absolute atomic E-state index is 12.1. The molecule has 0 radical (unpaired) electrons. The topological polar surface area (TPSA) is 94.3 Å². The van der Waals surface area contributed by atoms with Crippen LogP contribution in [0.2, 0.25) is 0 Å². The average molecular weight is 307 g/mol. The minimum Gasteiger partial charge on any atom is -0.492 e. The van der Waals surface area contributed by atoms with Gasteiger partial charge in [-0.2, -0.15) is 0 Å². The predicted molar refractivity (Wildman–Crippen MR) is 79.3 cm³/mol. The van der Waals surface area contributed by atoms with Gasteiger partial charge in [-0.25, -0.2) is 13.1 Å². The van der Waals surface area contributed by atoms with Crippen LogP contribution in [0.3, 0.4) is 0 Å². The van der Waals surface area contributed by atoms with Crippen molar-refractivity contribution in [3.8, 4) is 5.75 Å². The molecule has 6 nitrogen and oxygen atoms in total. The first kappa shape index (κ1) is 15.4. The summed E-state index contributed by atoms with van der Waals surface area (Å²) >= 11 is 0. The van der Waals surface area contributed by atoms with Gasteiger partial charge in [0.25, 0.3) is 0 Å². The predicted octanol–water partition coefficient (Wildman–Crippen LogP) is 0.898. The van der Waals surface area contributed by atoms with E-state index in [1.165, 1.54) is 12.1 Å². The van der Waals surface area contributed by atoms with E-state index in [1.807, 2.05) is 0 Å². The second kappa shape index (κ2) is 7.16. The monoisotopic (exact) mass is 307 g/mol. The Bertz CT molecular complexity index is 658. The third-order valence-corrected chi connectivity index (χ3v) is 4.11. The highest BCUT2D eigenvalue weighted by Crippen LogP contribution is 2.16. The molecular weight excluding hydrogens is 290 g/mol. The lowest BCUT2D eigenvalue weighted by molar-refractivity contribution is 0.328. The molecule has 0 bridgehead atoms. The number of nitrogens with one attached hydrogen (secondary N) is 1. The van der Waals surface area contributed by atoms with Crippen LogP contribution in [0.1, 0.15) is 5.69 Å². The summed E-state index contributed by atoms with van der Waals surface area (Å²) in [5.41, 5.74) is 5.99. The molecule has 7 heteroatoms. The van der Waals surface area contributed by atoms with Crippen LogP contribution in [-0.2, 0) is 16.6 Å². The van der Waals surface area contributed by atoms with Gasteiger partial charge in [-0.05, 0) is 36.4 Å². The van der Waals surface area contributed by atoms with Crippen molar-refractivity contribution < 1.29 is 13.2 Å². The number of nitrogens with zero attached hydrogens (tertiary/aromatic N) is 1. The summed E-state index contributed by atoms with van der Waals surface area (Å²) in [5.74, 6) is 0.587. The van der Waals surface area contributed by atoms with E-state index < -0.39 is 10.0 Å². The second-order valence-electron chi connectivity index (χ2n) is 4.25. The second-order valence-corrected chi connectivity index (χ2v) is 6.02. The minimum absolute atomic E-state index is 0.147. The van der Waals surface area contributed by atoms with Gasteiger partial charge in [-0.1, -0.05) is 6.07 Å². The van der Waals surface area contributed by atoms with Crippen LogP contribution in [0.15, 0.2) is 53.6 Å². The molecule has 1 heterocycles. The molecule has 1 aromatic carbocycles. The summed E-state index contributed by atoms with van der Waals surface area (Å²) in [6.45, 7) is 0.949. The number of ether oxygens (including phenoxy) is 1. The van der Waals surface area contributed by atoms with Gasteiger partial charge < -0.3 is 10.5 Å². The lowest BCUT2D eigenvalue weighted by atomic mass is 10.3. The third kappa shape index (κ3) is 4.52. The number of nitrogens with two attached hydrogens (primary N) is 1. The van der Waals surface area contributed by atoms with E-state index in [2.05, 4.69) is 9.71 Å². The molecule has 2 rings (SSSR count). The largest absolute Gasteiger partial charge is 0.492 e. The summed E-state index contributed by atoms with van der Waals surface area (Å²) in [7, 11) is -3.57. The molecule has 0 saturated carbocycles. The van der Waals surface area contributed by atoms with Crippen LogP contribution in [0.25, 0.3) is 0 Å². The number of rotatable bonds is 7. The van der Waals surface area contributed by atoms with Gasteiger partial charge in [-0.3, -0.25) is 4.98 Å². The molecule has 3 N–H and O–H groups in total. The Labute approximate surface area is 124 Å². The van der Waals surface area contributed by atoms with Crippen LogP contribution >= 0.6 is 0 Å². The Kier molecular flexibility index (Phi) is 5.26. The minimum atomic E-state index is -3.57. The van der Waals surface area contributed by atoms with Crippen LogP contribution in [0.4, 0.5) is 0 Å². The fourth-order valence-corrected chi connectivity index (χ4v) is 2.65. The maximum atomic E-state index is 12.1. The SMILES string of the molecule is NCCOc1ccc(S(=O)(=O)NCc2ccccn2)cc1. The summed E-state index contributed by atoms with van der Waals surface area (Å²) in [6.07, 6.45) is 1.62. The standard InChI is InChI=1S/C14H17N3O3S/c15-8-10-20-13-4-6-14(7-5-13)21(18,19)17-11-12-3-1-2-9-16-12/h1-7,9,17H,8,10-11,15H2. The fraction of sp³-hybridized carbons (Fsp3) is 0.214. The first-order valence-corrected chi connectivity index (χ1v) is 7.92. The van der Waals surface area contributed by atoms with Crippen molar-refractivity contribution in [3.05, 3.63) is 54.4 Å². The van der Waals surface area contributed by atoms with Crippen molar-refractivity contribution in [2.24, 2.45) is 5.73 Å². The van der Waals surface area contributed by atoms with Gasteiger partial charge in [0.1, 0.15) is 12.4 Å². The lowest BCUT2D eigenvalue weighted by Crippen LogP contribution is -2.23. The van der Waals surface area contributed by atoms with E-state index >= 15 is 0 Å². The molecule has 21 heavy (non-hydrogen) atoms. The fourth-order valence-electron chi connectivity index (χ4n) is 1.65. The van der Waals surface area contributed by atoms with Crippen LogP contribution < -0.4 is 15.2 Å². The molecular formula is C14H17N3O3S. The van der Waals surface area contributed by atoms with Crippen molar-refractivity contribution >= 4 is 10.0 Å². The highest BCUT2D eigenvalue weighted by atomic mass is 32.2. The number of aromatic nitrogens is 1. The van der Waals surface area contributed by atoms with Gasteiger partial charge >= 0.3 is 0 Å². The zero-order valence-corrected chi connectivity index (χ0v) is 12.2. The van der Waals surface area contributed by atoms with Gasteiger partial charge in [0, 0.05) is 12.7 Å². The number of hydrogen-bond acceptors (Lipinski definition) is 5. The van der Waals surface area contributed by atoms with E-state index in [1.54, 1.807) is 36.5 Å². The third-order valence-electron chi connectivity index (χ3n) is 2.69. The quantitative estimate of drug-likeness (QED) is 0.792. The highest BCUT2D eigenvalue weighted by molar-refractivity contribution is 7.89.